The number of pyridine rings is 1. The van der Waals surface area contributed by atoms with Gasteiger partial charge in [0.1, 0.15) is 11.4 Å². The molecule has 0 aliphatic heterocycles. The van der Waals surface area contributed by atoms with Gasteiger partial charge in [-0.15, -0.1) is 0 Å². The summed E-state index contributed by atoms with van der Waals surface area (Å²) in [6.07, 6.45) is 5.99. The van der Waals surface area contributed by atoms with Crippen LogP contribution in [0.15, 0.2) is 77.7 Å². The van der Waals surface area contributed by atoms with Gasteiger partial charge in [0.15, 0.2) is 12.2 Å². The highest BCUT2D eigenvalue weighted by Crippen LogP contribution is 2.29. The predicted molar refractivity (Wildman–Crippen MR) is 145 cm³/mol. The zero-order valence-corrected chi connectivity index (χ0v) is 20.9. The summed E-state index contributed by atoms with van der Waals surface area (Å²) in [6, 6.07) is 16.0. The molecule has 0 saturated carbocycles. The summed E-state index contributed by atoms with van der Waals surface area (Å²) < 4.78 is 15.8. The zero-order chi connectivity index (χ0) is 26.9. The highest BCUT2D eigenvalue weighted by Gasteiger charge is 2.20. The molecule has 0 bridgehead atoms. The lowest BCUT2D eigenvalue weighted by Crippen LogP contribution is -2.17. The second kappa shape index (κ2) is 12.2. The standard InChI is InChI=1S/C28H27N5O5/c1-3-36-25(34)14-7-18-5-10-21(11-6-18)32-27(35)26-22(29)15-24(33-28(26)37-4-2)31-20-12-8-19(9-13-20)23-16-30-17-38-23/h5-17H,3-4H2,1-2H3,(H,32,35)(H3,29,31,33)/b14-7+. The number of hydrogen-bond donors (Lipinski definition) is 3. The van der Waals surface area contributed by atoms with Crippen LogP contribution in [0.1, 0.15) is 29.8 Å². The first-order valence-electron chi connectivity index (χ1n) is 11.9. The van der Waals surface area contributed by atoms with Gasteiger partial charge < -0.3 is 30.3 Å². The van der Waals surface area contributed by atoms with Crippen molar-refractivity contribution in [3.05, 3.63) is 84.4 Å². The van der Waals surface area contributed by atoms with E-state index in [2.05, 4.69) is 20.6 Å². The van der Waals surface area contributed by atoms with Gasteiger partial charge in [-0.05, 0) is 61.9 Å². The van der Waals surface area contributed by atoms with Gasteiger partial charge in [-0.25, -0.2) is 9.78 Å². The van der Waals surface area contributed by atoms with Gasteiger partial charge in [-0.3, -0.25) is 4.79 Å². The fourth-order valence-electron chi connectivity index (χ4n) is 3.52. The first kappa shape index (κ1) is 26.0. The van der Waals surface area contributed by atoms with Gasteiger partial charge in [-0.1, -0.05) is 12.1 Å². The number of nitrogens with one attached hydrogen (secondary N) is 2. The van der Waals surface area contributed by atoms with Gasteiger partial charge in [0, 0.05) is 29.1 Å². The third-order valence-electron chi connectivity index (χ3n) is 5.27. The average molecular weight is 514 g/mol. The molecule has 2 aromatic carbocycles. The maximum atomic E-state index is 13.1. The van der Waals surface area contributed by atoms with Crippen molar-refractivity contribution in [1.82, 2.24) is 9.97 Å². The van der Waals surface area contributed by atoms with Gasteiger partial charge in [0.25, 0.3) is 5.91 Å². The molecule has 2 aromatic heterocycles. The van der Waals surface area contributed by atoms with Crippen LogP contribution in [-0.4, -0.2) is 35.1 Å². The minimum atomic E-state index is -0.462. The molecule has 194 valence electrons. The molecular weight excluding hydrogens is 486 g/mol. The Balaban J connectivity index is 1.48. The smallest absolute Gasteiger partial charge is 0.330 e. The molecule has 4 N–H and O–H groups in total. The minimum Gasteiger partial charge on any atom is -0.477 e. The van der Waals surface area contributed by atoms with Gasteiger partial charge in [0.2, 0.25) is 5.88 Å². The van der Waals surface area contributed by atoms with Gasteiger partial charge >= 0.3 is 5.97 Å². The van der Waals surface area contributed by atoms with Crippen LogP contribution < -0.4 is 21.1 Å². The first-order chi connectivity index (χ1) is 18.5. The summed E-state index contributed by atoms with van der Waals surface area (Å²) in [5.41, 5.74) is 9.56. The number of nitrogens with two attached hydrogens (primary N) is 1. The van der Waals surface area contributed by atoms with Crippen molar-refractivity contribution >= 4 is 40.8 Å². The van der Waals surface area contributed by atoms with Crippen LogP contribution in [0.25, 0.3) is 17.4 Å². The van der Waals surface area contributed by atoms with E-state index < -0.39 is 11.9 Å². The van der Waals surface area contributed by atoms with Crippen molar-refractivity contribution in [2.75, 3.05) is 29.6 Å². The zero-order valence-electron chi connectivity index (χ0n) is 20.9. The van der Waals surface area contributed by atoms with Gasteiger partial charge in [0.05, 0.1) is 25.1 Å². The number of hydrogen-bond acceptors (Lipinski definition) is 9. The molecule has 0 aliphatic rings. The molecule has 4 aromatic rings. The molecule has 0 radical (unpaired) electrons. The van der Waals surface area contributed by atoms with Crippen LogP contribution in [0.2, 0.25) is 0 Å². The number of esters is 1. The summed E-state index contributed by atoms with van der Waals surface area (Å²) in [4.78, 5) is 33.0. The first-order valence-corrected chi connectivity index (χ1v) is 11.9. The van der Waals surface area contributed by atoms with E-state index in [1.165, 1.54) is 12.5 Å². The topological polar surface area (TPSA) is 142 Å². The molecular formula is C28H27N5O5. The second-order valence-electron chi connectivity index (χ2n) is 7.94. The van der Waals surface area contributed by atoms with E-state index in [0.29, 0.717) is 30.5 Å². The monoisotopic (exact) mass is 513 g/mol. The third kappa shape index (κ3) is 6.55. The van der Waals surface area contributed by atoms with E-state index in [1.807, 2.05) is 24.3 Å². The number of carbonyl (C=O) groups is 2. The van der Waals surface area contributed by atoms with Crippen molar-refractivity contribution in [3.8, 4) is 17.2 Å². The van der Waals surface area contributed by atoms with Crippen LogP contribution >= 0.6 is 0 Å². The van der Waals surface area contributed by atoms with E-state index in [0.717, 1.165) is 16.8 Å². The summed E-state index contributed by atoms with van der Waals surface area (Å²) in [7, 11) is 0. The largest absolute Gasteiger partial charge is 0.477 e. The summed E-state index contributed by atoms with van der Waals surface area (Å²) in [5, 5.41) is 5.99. The molecule has 0 saturated heterocycles. The van der Waals surface area contributed by atoms with Crippen molar-refractivity contribution in [2.45, 2.75) is 13.8 Å². The fraction of sp³-hybridized carbons (Fsp3) is 0.143. The van der Waals surface area contributed by atoms with E-state index >= 15 is 0 Å². The number of carbonyl (C=O) groups excluding carboxylic acids is 2. The lowest BCUT2D eigenvalue weighted by molar-refractivity contribution is -0.137. The normalized spacial score (nSPS) is 10.8. The number of oxazole rings is 1. The van der Waals surface area contributed by atoms with Crippen molar-refractivity contribution < 1.29 is 23.5 Å². The SMILES string of the molecule is CCOC(=O)/C=C/c1ccc(NC(=O)c2c(N)cc(Nc3ccc(-c4cnco4)cc3)nc2OCC)cc1. The highest BCUT2D eigenvalue weighted by atomic mass is 16.5. The number of anilines is 4. The Kier molecular flexibility index (Phi) is 8.35. The van der Waals surface area contributed by atoms with E-state index in [4.69, 9.17) is 19.6 Å². The van der Waals surface area contributed by atoms with Crippen LogP contribution in [0, 0.1) is 0 Å². The number of ether oxygens (including phenoxy) is 2. The number of rotatable bonds is 10. The summed E-state index contributed by atoms with van der Waals surface area (Å²) in [5.74, 6) is 0.317. The van der Waals surface area contributed by atoms with Crippen LogP contribution in [0.5, 0.6) is 5.88 Å². The van der Waals surface area contributed by atoms with Crippen molar-refractivity contribution in [1.29, 1.82) is 0 Å². The molecule has 0 spiro atoms. The quantitative estimate of drug-likeness (QED) is 0.190. The second-order valence-corrected chi connectivity index (χ2v) is 7.94. The summed E-state index contributed by atoms with van der Waals surface area (Å²) >= 11 is 0. The van der Waals surface area contributed by atoms with E-state index in [9.17, 15) is 9.59 Å². The van der Waals surface area contributed by atoms with Crippen LogP contribution in [0.4, 0.5) is 22.9 Å². The molecule has 2 heterocycles. The Morgan fingerprint density at radius 2 is 1.76 bits per heavy atom. The average Bonchev–Trinajstić information content (AvgIpc) is 3.44. The lowest BCUT2D eigenvalue weighted by Gasteiger charge is -2.15. The van der Waals surface area contributed by atoms with Crippen LogP contribution in [-0.2, 0) is 9.53 Å². The van der Waals surface area contributed by atoms with Crippen molar-refractivity contribution in [2.24, 2.45) is 0 Å². The number of benzene rings is 2. The molecule has 0 fully saturated rings. The summed E-state index contributed by atoms with van der Waals surface area (Å²) in [6.45, 7) is 4.14. The third-order valence-corrected chi connectivity index (χ3v) is 5.27. The maximum Gasteiger partial charge on any atom is 0.330 e. The Bertz CT molecular complexity index is 1420. The molecule has 38 heavy (non-hydrogen) atoms. The number of nitrogen functional groups attached to an aromatic ring is 1. The number of aromatic nitrogens is 2. The molecule has 10 heteroatoms. The molecule has 4 rings (SSSR count). The molecule has 0 aliphatic carbocycles. The van der Waals surface area contributed by atoms with E-state index in [-0.39, 0.29) is 17.1 Å². The fourth-order valence-corrected chi connectivity index (χ4v) is 3.52. The maximum absolute atomic E-state index is 13.1. The predicted octanol–water partition coefficient (Wildman–Crippen LogP) is 5.29. The van der Waals surface area contributed by atoms with Gasteiger partial charge in [-0.2, -0.15) is 4.98 Å². The van der Waals surface area contributed by atoms with Crippen LogP contribution in [0.3, 0.4) is 0 Å². The molecule has 10 nitrogen and oxygen atoms in total. The Hall–Kier alpha value is -5.12. The molecule has 1 amide bonds. The molecule has 0 atom stereocenters. The highest BCUT2D eigenvalue weighted by molar-refractivity contribution is 6.09. The minimum absolute atomic E-state index is 0.111. The molecule has 0 unspecified atom stereocenters. The Morgan fingerprint density at radius 1 is 1.03 bits per heavy atom. The van der Waals surface area contributed by atoms with Crippen molar-refractivity contribution in [3.63, 3.8) is 0 Å². The Morgan fingerprint density at radius 3 is 2.42 bits per heavy atom. The van der Waals surface area contributed by atoms with E-state index in [1.54, 1.807) is 56.5 Å². The Labute approximate surface area is 219 Å². The number of amides is 1. The number of nitrogens with zero attached hydrogens (tertiary/aromatic N) is 2. The lowest BCUT2D eigenvalue weighted by atomic mass is 10.1.